The van der Waals surface area contributed by atoms with Gasteiger partial charge in [0, 0.05) is 30.7 Å². The molecule has 4 saturated carbocycles. The number of phosphoric acid groups is 3. The van der Waals surface area contributed by atoms with Crippen molar-refractivity contribution in [1.29, 1.82) is 0 Å². The third-order valence-electron chi connectivity index (χ3n) is 18.0. The number of nitrogens with one attached hydrogen (secondary N) is 2. The summed E-state index contributed by atoms with van der Waals surface area (Å²) in [6.45, 7) is 9.12. The Morgan fingerprint density at radius 3 is 2.30 bits per heavy atom. The van der Waals surface area contributed by atoms with Crippen LogP contribution in [0.2, 0.25) is 0 Å². The van der Waals surface area contributed by atoms with E-state index in [2.05, 4.69) is 55.2 Å². The fourth-order valence-corrected chi connectivity index (χ4v) is 17.3. The molecule has 5 aliphatic rings. The van der Waals surface area contributed by atoms with Crippen LogP contribution in [-0.4, -0.2) is 156 Å². The van der Waals surface area contributed by atoms with Crippen molar-refractivity contribution in [1.82, 2.24) is 30.2 Å². The van der Waals surface area contributed by atoms with Gasteiger partial charge in [-0.05, 0) is 111 Å². The SMILES string of the molecule is CC(CCC(O)C(C)C(=O)SCCNC(=O)CCNC(=O)C(O)C(C)(C)COP(=O)(O)OP(=O)(O)OC[C@H]1O[C@@H](n2cnc3c(N)ncnc32)[C@H](O)[C@@H]1OP(=O)(O)O)C1CCC2C3C(O)C[C@@H]4C[C@H](O)CC[C@]4(C)C3CC[C@]12C. The molecular weight excluding hydrogens is 1120 g/mol. The van der Waals surface area contributed by atoms with E-state index in [4.69, 9.17) is 19.5 Å². The lowest BCUT2D eigenvalue weighted by Crippen LogP contribution is -2.58. The van der Waals surface area contributed by atoms with Crippen LogP contribution >= 0.6 is 35.2 Å². The molecular formula is C48H80N7O20P3S. The number of hydrogen-bond donors (Lipinski definition) is 12. The topological polar surface area (TPSA) is 424 Å². The van der Waals surface area contributed by atoms with Gasteiger partial charge in [-0.3, -0.25) is 32.5 Å². The van der Waals surface area contributed by atoms with E-state index in [1.54, 1.807) is 6.92 Å². The number of aromatic nitrogens is 4. The van der Waals surface area contributed by atoms with Gasteiger partial charge in [-0.1, -0.05) is 53.3 Å². The summed E-state index contributed by atoms with van der Waals surface area (Å²) in [6, 6.07) is 0. The number of amides is 2. The Morgan fingerprint density at radius 1 is 0.911 bits per heavy atom. The summed E-state index contributed by atoms with van der Waals surface area (Å²) < 4.78 is 62.8. The molecule has 7 rings (SSSR count). The summed E-state index contributed by atoms with van der Waals surface area (Å²) in [7, 11) is -16.5. The average molecular weight is 1200 g/mol. The third kappa shape index (κ3) is 14.9. The molecule has 5 fully saturated rings. The zero-order valence-corrected chi connectivity index (χ0v) is 48.8. The maximum Gasteiger partial charge on any atom is 0.481 e. The minimum Gasteiger partial charge on any atom is -0.393 e. The zero-order chi connectivity index (χ0) is 58.2. The van der Waals surface area contributed by atoms with E-state index in [1.165, 1.54) is 13.8 Å². The minimum atomic E-state index is -5.61. The molecule has 1 aliphatic heterocycles. The van der Waals surface area contributed by atoms with E-state index in [-0.39, 0.29) is 76.3 Å². The molecule has 27 nitrogen and oxygen atoms in total. The fraction of sp³-hybridized carbons (Fsp3) is 0.833. The number of thioether (sulfide) groups is 1. The van der Waals surface area contributed by atoms with Crippen molar-refractivity contribution in [3.8, 4) is 0 Å². The molecule has 1 saturated heterocycles. The highest BCUT2D eigenvalue weighted by Crippen LogP contribution is 2.69. The normalized spacial score (nSPS) is 34.0. The first kappa shape index (κ1) is 64.0. The summed E-state index contributed by atoms with van der Waals surface area (Å²) in [5, 5.41) is 59.7. The van der Waals surface area contributed by atoms with E-state index in [9.17, 15) is 73.2 Å². The summed E-state index contributed by atoms with van der Waals surface area (Å²) in [4.78, 5) is 89.9. The van der Waals surface area contributed by atoms with E-state index < -0.39 is 96.6 Å². The van der Waals surface area contributed by atoms with Crippen molar-refractivity contribution >= 4 is 69.1 Å². The smallest absolute Gasteiger partial charge is 0.393 e. The number of rotatable bonds is 25. The molecule has 0 bridgehead atoms. The predicted molar refractivity (Wildman–Crippen MR) is 283 cm³/mol. The third-order valence-corrected chi connectivity index (χ3v) is 22.2. The number of nitrogen functional groups attached to an aromatic ring is 1. The second-order valence-electron chi connectivity index (χ2n) is 23.6. The first-order valence-corrected chi connectivity index (χ1v) is 32.4. The summed E-state index contributed by atoms with van der Waals surface area (Å²) in [6.07, 6.45) is 0.531. The van der Waals surface area contributed by atoms with Gasteiger partial charge in [-0.2, -0.15) is 4.31 Å². The molecule has 2 aromatic heterocycles. The lowest BCUT2D eigenvalue weighted by Gasteiger charge is -2.62. The number of nitrogens with two attached hydrogens (primary N) is 1. The lowest BCUT2D eigenvalue weighted by atomic mass is 9.43. The van der Waals surface area contributed by atoms with Gasteiger partial charge < -0.3 is 66.2 Å². The maximum absolute atomic E-state index is 13.1. The Labute approximate surface area is 462 Å². The molecule has 79 heavy (non-hydrogen) atoms. The number of ether oxygens (including phenoxy) is 1. The van der Waals surface area contributed by atoms with Crippen molar-refractivity contribution in [2.45, 2.75) is 161 Å². The number of anilines is 1. The number of aliphatic hydroxyl groups excluding tert-OH is 5. The highest BCUT2D eigenvalue weighted by atomic mass is 32.2. The second-order valence-corrected chi connectivity index (χ2v) is 28.9. The number of carbonyl (C=O) groups excluding carboxylic acids is 3. The Hall–Kier alpha value is -2.56. The van der Waals surface area contributed by atoms with Crippen LogP contribution in [0.25, 0.3) is 11.2 Å². The van der Waals surface area contributed by atoms with E-state index >= 15 is 0 Å². The molecule has 0 aromatic carbocycles. The predicted octanol–water partition coefficient (Wildman–Crippen LogP) is 3.07. The van der Waals surface area contributed by atoms with Crippen LogP contribution in [0.4, 0.5) is 5.82 Å². The van der Waals surface area contributed by atoms with Crippen LogP contribution in [0.3, 0.4) is 0 Å². The zero-order valence-electron chi connectivity index (χ0n) is 45.3. The van der Waals surface area contributed by atoms with Crippen molar-refractivity contribution in [2.75, 3.05) is 37.8 Å². The van der Waals surface area contributed by atoms with Crippen LogP contribution < -0.4 is 16.4 Å². The van der Waals surface area contributed by atoms with E-state index in [1.807, 2.05) is 0 Å². The van der Waals surface area contributed by atoms with Gasteiger partial charge in [0.15, 0.2) is 22.8 Å². The van der Waals surface area contributed by atoms with Gasteiger partial charge in [0.1, 0.15) is 36.3 Å². The number of nitrogens with zero attached hydrogens (tertiary/aromatic N) is 4. The quantitative estimate of drug-likeness (QED) is 0.0502. The molecule has 4 aliphatic carbocycles. The van der Waals surface area contributed by atoms with Crippen LogP contribution in [0.5, 0.6) is 0 Å². The van der Waals surface area contributed by atoms with Crippen molar-refractivity contribution in [2.24, 2.45) is 57.7 Å². The van der Waals surface area contributed by atoms with Crippen molar-refractivity contribution in [3.05, 3.63) is 12.7 Å². The first-order chi connectivity index (χ1) is 36.8. The molecule has 13 N–H and O–H groups in total. The Bertz CT molecular complexity index is 2640. The number of phosphoric ester groups is 3. The average Bonchev–Trinajstić information content (AvgIpc) is 4.08. The molecule has 19 atom stereocenters. The number of imidazole rings is 1. The van der Waals surface area contributed by atoms with Crippen molar-refractivity contribution in [3.63, 3.8) is 0 Å². The van der Waals surface area contributed by atoms with Crippen LogP contribution in [0.1, 0.15) is 118 Å². The highest BCUT2D eigenvalue weighted by Gasteiger charge is 2.63. The van der Waals surface area contributed by atoms with E-state index in [0.717, 1.165) is 86.8 Å². The molecule has 2 amide bonds. The van der Waals surface area contributed by atoms with Crippen LogP contribution in [-0.2, 0) is 50.7 Å². The molecule has 448 valence electrons. The van der Waals surface area contributed by atoms with E-state index in [0.29, 0.717) is 36.0 Å². The van der Waals surface area contributed by atoms with Gasteiger partial charge >= 0.3 is 23.5 Å². The number of hydrogen-bond acceptors (Lipinski definition) is 21. The summed E-state index contributed by atoms with van der Waals surface area (Å²) in [5.41, 5.74) is 4.50. The van der Waals surface area contributed by atoms with Crippen LogP contribution in [0.15, 0.2) is 12.7 Å². The monoisotopic (exact) mass is 1200 g/mol. The summed E-state index contributed by atoms with van der Waals surface area (Å²) in [5.74, 6) is 0.407. The maximum atomic E-state index is 13.1. The minimum absolute atomic E-state index is 0.0236. The summed E-state index contributed by atoms with van der Waals surface area (Å²) >= 11 is 1.00. The Morgan fingerprint density at radius 2 is 1.59 bits per heavy atom. The van der Waals surface area contributed by atoms with Crippen molar-refractivity contribution < 1.29 is 95.8 Å². The molecule has 0 radical (unpaired) electrons. The van der Waals surface area contributed by atoms with Gasteiger partial charge in [-0.25, -0.2) is 28.6 Å². The van der Waals surface area contributed by atoms with Gasteiger partial charge in [0.2, 0.25) is 11.8 Å². The molecule has 11 unspecified atom stereocenters. The van der Waals surface area contributed by atoms with Gasteiger partial charge in [-0.15, -0.1) is 0 Å². The standard InChI is InChI=1S/C48H80N7O20P3S/c1-25(29-8-9-30-36-31(12-15-48(29,30)6)47(5)14-11-28(56)19-27(47)20-33(36)58)7-10-32(57)26(2)45(63)79-18-17-50-35(59)13-16-51-43(62)40(61)46(3,4)22-72-78(69,70)75-77(67,68)71-21-34-39(74-76(64,65)66)38(60)44(73-34)55-24-54-37-41(49)52-23-53-42(37)55/h23-34,36,38-40,44,56-58,60-61H,7-22H2,1-6H3,(H,50,59)(H,51,62)(H,67,68)(H,69,70)(H2,49,52,53)(H2,64,65,66)/t25?,26?,27-,28+,29?,30?,31?,32?,33?,34+,36?,38+,39+,40?,44+,47-,48+/m0/s1. The number of carbonyl (C=O) groups is 3. The fourth-order valence-electron chi connectivity index (χ4n) is 13.6. The lowest BCUT2D eigenvalue weighted by molar-refractivity contribution is -0.174. The molecule has 31 heteroatoms. The van der Waals surface area contributed by atoms with Gasteiger partial charge in [0.25, 0.3) is 0 Å². The largest absolute Gasteiger partial charge is 0.481 e. The molecule has 3 heterocycles. The highest BCUT2D eigenvalue weighted by molar-refractivity contribution is 8.13. The number of aliphatic hydroxyl groups is 5. The molecule has 2 aromatic rings. The molecule has 0 spiro atoms. The van der Waals surface area contributed by atoms with Crippen LogP contribution in [0, 0.1) is 57.7 Å². The Balaban J connectivity index is 0.774. The first-order valence-electron chi connectivity index (χ1n) is 26.9. The Kier molecular flexibility index (Phi) is 20.5. The number of fused-ring (bicyclic) bond motifs is 6. The second kappa shape index (κ2) is 25.3. The van der Waals surface area contributed by atoms with Gasteiger partial charge in [0.05, 0.1) is 43.8 Å².